The molecule has 2 heterocycles. The van der Waals surface area contributed by atoms with Gasteiger partial charge in [-0.1, -0.05) is 18.2 Å². The fraction of sp³-hybridized carbons (Fsp3) is 0.556. The zero-order valence-corrected chi connectivity index (χ0v) is 14.1. The van der Waals surface area contributed by atoms with Gasteiger partial charge in [0, 0.05) is 45.0 Å². The van der Waals surface area contributed by atoms with E-state index in [2.05, 4.69) is 34.1 Å². The number of piperazine rings is 1. The quantitative estimate of drug-likeness (QED) is 0.874. The number of hydrogen-bond donors (Lipinski definition) is 1. The molecule has 6 nitrogen and oxygen atoms in total. The molecule has 0 radical (unpaired) electrons. The van der Waals surface area contributed by atoms with E-state index in [-0.39, 0.29) is 17.7 Å². The number of carbonyl (C=O) groups is 2. The van der Waals surface area contributed by atoms with Crippen LogP contribution in [0, 0.1) is 5.92 Å². The molecule has 2 amide bonds. The fourth-order valence-corrected chi connectivity index (χ4v) is 3.53. The van der Waals surface area contributed by atoms with Crippen molar-refractivity contribution in [3.05, 3.63) is 30.3 Å². The second-order valence-corrected chi connectivity index (χ2v) is 6.68. The molecule has 1 aromatic carbocycles. The van der Waals surface area contributed by atoms with E-state index in [1.54, 1.807) is 0 Å². The second-order valence-electron chi connectivity index (χ2n) is 6.68. The topological polar surface area (TPSA) is 69.9 Å². The van der Waals surface area contributed by atoms with Crippen LogP contribution in [-0.4, -0.2) is 67.4 Å². The van der Waals surface area contributed by atoms with Crippen molar-refractivity contribution >= 4 is 17.5 Å². The van der Waals surface area contributed by atoms with E-state index in [1.165, 1.54) is 5.69 Å². The third kappa shape index (κ3) is 4.06. The first-order valence-electron chi connectivity index (χ1n) is 8.73. The number of anilines is 1. The number of likely N-dealkylation sites (tertiary alicyclic amines) is 1. The van der Waals surface area contributed by atoms with Gasteiger partial charge in [0.25, 0.3) is 0 Å². The summed E-state index contributed by atoms with van der Waals surface area (Å²) in [7, 11) is 0. The molecule has 3 rings (SSSR count). The van der Waals surface area contributed by atoms with Gasteiger partial charge in [0.15, 0.2) is 0 Å². The lowest BCUT2D eigenvalue weighted by atomic mass is 9.97. The Morgan fingerprint density at radius 2 is 1.75 bits per heavy atom. The standard InChI is InChI=1S/C18H26N4O2/c19-18(24)15-5-4-8-22(13-15)17(23)14-20-9-11-21(12-10-20)16-6-2-1-3-7-16/h1-3,6-7,15H,4-5,8-14H2,(H2,19,24)/t15-/m0/s1. The van der Waals surface area contributed by atoms with Gasteiger partial charge in [-0.3, -0.25) is 14.5 Å². The number of piperidine rings is 1. The maximum absolute atomic E-state index is 12.5. The number of nitrogens with two attached hydrogens (primary N) is 1. The Labute approximate surface area is 143 Å². The number of hydrogen-bond acceptors (Lipinski definition) is 4. The molecule has 2 saturated heterocycles. The highest BCUT2D eigenvalue weighted by atomic mass is 16.2. The lowest BCUT2D eigenvalue weighted by Gasteiger charge is -2.37. The maximum atomic E-state index is 12.5. The largest absolute Gasteiger partial charge is 0.369 e. The van der Waals surface area contributed by atoms with Crippen molar-refractivity contribution in [2.24, 2.45) is 11.7 Å². The molecule has 24 heavy (non-hydrogen) atoms. The minimum atomic E-state index is -0.288. The van der Waals surface area contributed by atoms with Crippen molar-refractivity contribution in [3.8, 4) is 0 Å². The molecule has 0 saturated carbocycles. The summed E-state index contributed by atoms with van der Waals surface area (Å²) in [6.45, 7) is 5.29. The lowest BCUT2D eigenvalue weighted by molar-refractivity contribution is -0.136. The van der Waals surface area contributed by atoms with Crippen LogP contribution in [-0.2, 0) is 9.59 Å². The van der Waals surface area contributed by atoms with Gasteiger partial charge in [-0.05, 0) is 25.0 Å². The molecule has 130 valence electrons. The van der Waals surface area contributed by atoms with Gasteiger partial charge in [-0.2, -0.15) is 0 Å². The third-order valence-electron chi connectivity index (χ3n) is 5.03. The van der Waals surface area contributed by atoms with Crippen LogP contribution in [0.2, 0.25) is 0 Å². The molecule has 6 heteroatoms. The van der Waals surface area contributed by atoms with E-state index < -0.39 is 0 Å². The van der Waals surface area contributed by atoms with Gasteiger partial charge in [0.2, 0.25) is 11.8 Å². The molecule has 1 atom stereocenters. The van der Waals surface area contributed by atoms with Gasteiger partial charge >= 0.3 is 0 Å². The van der Waals surface area contributed by atoms with E-state index in [0.29, 0.717) is 13.1 Å². The van der Waals surface area contributed by atoms with Crippen molar-refractivity contribution in [1.82, 2.24) is 9.80 Å². The summed E-state index contributed by atoms with van der Waals surface area (Å²) in [6, 6.07) is 10.4. The van der Waals surface area contributed by atoms with Crippen LogP contribution < -0.4 is 10.6 Å². The van der Waals surface area contributed by atoms with Crippen LogP contribution in [0.1, 0.15) is 12.8 Å². The summed E-state index contributed by atoms with van der Waals surface area (Å²) < 4.78 is 0. The molecular formula is C18H26N4O2. The van der Waals surface area contributed by atoms with Crippen LogP contribution >= 0.6 is 0 Å². The average Bonchev–Trinajstić information content (AvgIpc) is 2.63. The number of para-hydroxylation sites is 1. The predicted octanol–water partition coefficient (Wildman–Crippen LogP) is 0.533. The van der Waals surface area contributed by atoms with Crippen molar-refractivity contribution in [2.75, 3.05) is 50.7 Å². The van der Waals surface area contributed by atoms with E-state index in [9.17, 15) is 9.59 Å². The first-order valence-corrected chi connectivity index (χ1v) is 8.73. The van der Waals surface area contributed by atoms with Crippen molar-refractivity contribution in [1.29, 1.82) is 0 Å². The number of benzene rings is 1. The van der Waals surface area contributed by atoms with Gasteiger partial charge in [0.05, 0.1) is 12.5 Å². The fourth-order valence-electron chi connectivity index (χ4n) is 3.53. The highest BCUT2D eigenvalue weighted by Crippen LogP contribution is 2.18. The van der Waals surface area contributed by atoms with Crippen molar-refractivity contribution in [3.63, 3.8) is 0 Å². The normalized spacial score (nSPS) is 22.4. The Kier molecular flexibility index (Phi) is 5.35. The summed E-state index contributed by atoms with van der Waals surface area (Å²) in [5.74, 6) is -0.351. The van der Waals surface area contributed by atoms with Crippen molar-refractivity contribution < 1.29 is 9.59 Å². The van der Waals surface area contributed by atoms with Gasteiger partial charge in [0.1, 0.15) is 0 Å². The average molecular weight is 330 g/mol. The first kappa shape index (κ1) is 16.8. The molecule has 2 fully saturated rings. The molecular weight excluding hydrogens is 304 g/mol. The molecule has 0 aromatic heterocycles. The van der Waals surface area contributed by atoms with Crippen LogP contribution in [0.4, 0.5) is 5.69 Å². The molecule has 1 aromatic rings. The number of nitrogens with zero attached hydrogens (tertiary/aromatic N) is 3. The number of carbonyl (C=O) groups excluding carboxylic acids is 2. The summed E-state index contributed by atoms with van der Waals surface area (Å²) in [6.07, 6.45) is 1.66. The Bertz CT molecular complexity index is 570. The summed E-state index contributed by atoms with van der Waals surface area (Å²) >= 11 is 0. The Morgan fingerprint density at radius 1 is 1.04 bits per heavy atom. The molecule has 0 spiro atoms. The zero-order chi connectivity index (χ0) is 16.9. The van der Waals surface area contributed by atoms with Crippen LogP contribution in [0.5, 0.6) is 0 Å². The Morgan fingerprint density at radius 3 is 2.42 bits per heavy atom. The van der Waals surface area contributed by atoms with Gasteiger partial charge in [-0.15, -0.1) is 0 Å². The predicted molar refractivity (Wildman–Crippen MR) is 93.6 cm³/mol. The Balaban J connectivity index is 1.47. The summed E-state index contributed by atoms with van der Waals surface area (Å²) in [5.41, 5.74) is 6.63. The minimum absolute atomic E-state index is 0.120. The van der Waals surface area contributed by atoms with Gasteiger partial charge < -0.3 is 15.5 Å². The van der Waals surface area contributed by atoms with Gasteiger partial charge in [-0.25, -0.2) is 0 Å². The van der Waals surface area contributed by atoms with E-state index in [0.717, 1.165) is 45.6 Å². The Hall–Kier alpha value is -2.08. The summed E-state index contributed by atoms with van der Waals surface area (Å²) in [5, 5.41) is 0. The molecule has 2 aliphatic heterocycles. The van der Waals surface area contributed by atoms with Crippen LogP contribution in [0.3, 0.4) is 0 Å². The number of primary amides is 1. The molecule has 2 aliphatic rings. The molecule has 0 unspecified atom stereocenters. The molecule has 0 bridgehead atoms. The zero-order valence-electron chi connectivity index (χ0n) is 14.1. The maximum Gasteiger partial charge on any atom is 0.236 e. The monoisotopic (exact) mass is 330 g/mol. The summed E-state index contributed by atoms with van der Waals surface area (Å²) in [4.78, 5) is 30.2. The smallest absolute Gasteiger partial charge is 0.236 e. The lowest BCUT2D eigenvalue weighted by Crippen LogP contribution is -2.52. The number of rotatable bonds is 4. The minimum Gasteiger partial charge on any atom is -0.369 e. The highest BCUT2D eigenvalue weighted by Gasteiger charge is 2.28. The second kappa shape index (κ2) is 7.66. The van der Waals surface area contributed by atoms with E-state index in [1.807, 2.05) is 11.0 Å². The van der Waals surface area contributed by atoms with Crippen LogP contribution in [0.25, 0.3) is 0 Å². The molecule has 0 aliphatic carbocycles. The van der Waals surface area contributed by atoms with Crippen molar-refractivity contribution in [2.45, 2.75) is 12.8 Å². The first-order chi connectivity index (χ1) is 11.6. The van der Waals surface area contributed by atoms with E-state index >= 15 is 0 Å². The highest BCUT2D eigenvalue weighted by molar-refractivity contribution is 5.81. The third-order valence-corrected chi connectivity index (χ3v) is 5.03. The van der Waals surface area contributed by atoms with Crippen LogP contribution in [0.15, 0.2) is 30.3 Å². The van der Waals surface area contributed by atoms with E-state index in [4.69, 9.17) is 5.73 Å². The molecule has 2 N–H and O–H groups in total. The SMILES string of the molecule is NC(=O)[C@H]1CCCN(C(=O)CN2CCN(c3ccccc3)CC2)C1. The number of amides is 2.